The summed E-state index contributed by atoms with van der Waals surface area (Å²) in [5, 5.41) is 7.04. The van der Waals surface area contributed by atoms with Crippen molar-refractivity contribution in [3.05, 3.63) is 112 Å². The van der Waals surface area contributed by atoms with E-state index in [1.807, 2.05) is 72.4 Å². The minimum absolute atomic E-state index is 0.0964. The van der Waals surface area contributed by atoms with E-state index in [2.05, 4.69) is 15.4 Å². The Bertz CT molecular complexity index is 1230. The van der Waals surface area contributed by atoms with Crippen LogP contribution in [0.4, 0.5) is 0 Å². The Morgan fingerprint density at radius 3 is 2.63 bits per heavy atom. The molecule has 0 aliphatic heterocycles. The van der Waals surface area contributed by atoms with Crippen LogP contribution in [0.1, 0.15) is 27.0 Å². The predicted molar refractivity (Wildman–Crippen MR) is 116 cm³/mol. The third kappa shape index (κ3) is 4.55. The Hall–Kier alpha value is -3.93. The number of rotatable bonds is 6. The molecule has 2 N–H and O–H groups in total. The van der Waals surface area contributed by atoms with E-state index in [0.717, 1.165) is 22.3 Å². The molecule has 0 unspecified atom stereocenters. The summed E-state index contributed by atoms with van der Waals surface area (Å²) in [5.74, 6) is -0.399. The van der Waals surface area contributed by atoms with E-state index in [-0.39, 0.29) is 5.56 Å². The molecular formula is C24H22N4O2. The average molecular weight is 398 g/mol. The fraction of sp³-hybridized carbons (Fsp3) is 0.125. The Morgan fingerprint density at radius 1 is 1.03 bits per heavy atom. The van der Waals surface area contributed by atoms with Gasteiger partial charge in [0.25, 0.3) is 11.5 Å². The van der Waals surface area contributed by atoms with Gasteiger partial charge in [0.1, 0.15) is 5.56 Å². The quantitative estimate of drug-likeness (QED) is 0.521. The van der Waals surface area contributed by atoms with Crippen molar-refractivity contribution in [3.8, 4) is 11.3 Å². The van der Waals surface area contributed by atoms with Crippen molar-refractivity contribution in [3.63, 3.8) is 0 Å². The number of aromatic nitrogens is 3. The van der Waals surface area contributed by atoms with E-state index in [1.165, 1.54) is 0 Å². The van der Waals surface area contributed by atoms with Gasteiger partial charge in [-0.25, -0.2) is 0 Å². The van der Waals surface area contributed by atoms with Gasteiger partial charge in [-0.05, 0) is 47.9 Å². The number of pyridine rings is 1. The summed E-state index contributed by atoms with van der Waals surface area (Å²) < 4.78 is 1.84. The normalized spacial score (nSPS) is 10.7. The van der Waals surface area contributed by atoms with Crippen LogP contribution < -0.4 is 10.9 Å². The number of carbonyl (C=O) groups excluding carboxylic acids is 1. The van der Waals surface area contributed by atoms with Crippen LogP contribution in [0.5, 0.6) is 0 Å². The molecule has 2 heterocycles. The molecule has 2 aromatic heterocycles. The zero-order valence-corrected chi connectivity index (χ0v) is 16.6. The lowest BCUT2D eigenvalue weighted by Crippen LogP contribution is -2.29. The molecule has 0 radical (unpaired) electrons. The number of hydrogen-bond donors (Lipinski definition) is 2. The van der Waals surface area contributed by atoms with Crippen molar-refractivity contribution < 1.29 is 4.79 Å². The van der Waals surface area contributed by atoms with Gasteiger partial charge < -0.3 is 10.3 Å². The van der Waals surface area contributed by atoms with Gasteiger partial charge in [-0.15, -0.1) is 0 Å². The van der Waals surface area contributed by atoms with Crippen LogP contribution in [-0.2, 0) is 13.1 Å². The number of hydrogen-bond acceptors (Lipinski definition) is 3. The maximum Gasteiger partial charge on any atom is 0.261 e. The minimum atomic E-state index is -0.404. The number of nitrogens with zero attached hydrogens (tertiary/aromatic N) is 2. The van der Waals surface area contributed by atoms with Crippen molar-refractivity contribution >= 4 is 5.91 Å². The molecule has 6 nitrogen and oxygen atoms in total. The molecule has 0 bridgehead atoms. The maximum atomic E-state index is 12.5. The Balaban J connectivity index is 1.44. The molecule has 4 rings (SSSR count). The second kappa shape index (κ2) is 8.61. The van der Waals surface area contributed by atoms with Crippen molar-refractivity contribution in [1.82, 2.24) is 20.1 Å². The number of carbonyl (C=O) groups is 1. The van der Waals surface area contributed by atoms with Crippen molar-refractivity contribution in [2.45, 2.75) is 20.0 Å². The number of aryl methyl sites for hydroxylation is 1. The molecule has 30 heavy (non-hydrogen) atoms. The molecule has 0 aliphatic rings. The molecule has 0 spiro atoms. The van der Waals surface area contributed by atoms with Gasteiger partial charge in [-0.2, -0.15) is 5.10 Å². The van der Waals surface area contributed by atoms with E-state index >= 15 is 0 Å². The summed E-state index contributed by atoms with van der Waals surface area (Å²) in [6.45, 7) is 2.99. The summed E-state index contributed by atoms with van der Waals surface area (Å²) in [6.07, 6.45) is 3.65. The first-order valence-corrected chi connectivity index (χ1v) is 9.72. The third-order valence-corrected chi connectivity index (χ3v) is 4.83. The van der Waals surface area contributed by atoms with Crippen molar-refractivity contribution in [2.24, 2.45) is 0 Å². The first-order chi connectivity index (χ1) is 14.6. The molecule has 6 heteroatoms. The number of nitrogens with one attached hydrogen (secondary N) is 2. The molecule has 0 saturated carbocycles. The summed E-state index contributed by atoms with van der Waals surface area (Å²) in [7, 11) is 0. The first-order valence-electron chi connectivity index (χ1n) is 9.72. The molecule has 1 amide bonds. The van der Waals surface area contributed by atoms with E-state index < -0.39 is 11.5 Å². The molecule has 0 saturated heterocycles. The standard InChI is InChI=1S/C24H22N4O2/c1-17-5-2-8-20(13-17)22-10-9-21(24(30)27-22)23(29)25-15-18-6-3-7-19(14-18)16-28-12-4-11-26-28/h2-14H,15-16H2,1H3,(H,25,29)(H,27,30). The summed E-state index contributed by atoms with van der Waals surface area (Å²) in [5.41, 5.74) is 4.44. The highest BCUT2D eigenvalue weighted by molar-refractivity contribution is 5.94. The average Bonchev–Trinajstić information content (AvgIpc) is 3.25. The van der Waals surface area contributed by atoms with Gasteiger partial charge in [0.05, 0.1) is 6.54 Å². The largest absolute Gasteiger partial charge is 0.348 e. The zero-order valence-electron chi connectivity index (χ0n) is 16.6. The molecule has 4 aromatic rings. The van der Waals surface area contributed by atoms with Gasteiger partial charge in [0.15, 0.2) is 0 Å². The lowest BCUT2D eigenvalue weighted by Gasteiger charge is -2.08. The van der Waals surface area contributed by atoms with E-state index in [4.69, 9.17) is 0 Å². The lowest BCUT2D eigenvalue weighted by molar-refractivity contribution is 0.0949. The molecule has 2 aromatic carbocycles. The van der Waals surface area contributed by atoms with Gasteiger partial charge in [-0.3, -0.25) is 14.3 Å². The van der Waals surface area contributed by atoms with E-state index in [9.17, 15) is 9.59 Å². The smallest absolute Gasteiger partial charge is 0.261 e. The van der Waals surface area contributed by atoms with Crippen LogP contribution in [0.2, 0.25) is 0 Å². The number of benzene rings is 2. The van der Waals surface area contributed by atoms with Crippen LogP contribution in [-0.4, -0.2) is 20.7 Å². The highest BCUT2D eigenvalue weighted by atomic mass is 16.2. The van der Waals surface area contributed by atoms with E-state index in [1.54, 1.807) is 18.3 Å². The van der Waals surface area contributed by atoms with Crippen LogP contribution in [0.15, 0.2) is 83.9 Å². The Morgan fingerprint density at radius 2 is 1.87 bits per heavy atom. The van der Waals surface area contributed by atoms with Crippen LogP contribution in [0.3, 0.4) is 0 Å². The number of amides is 1. The van der Waals surface area contributed by atoms with Gasteiger partial charge in [0.2, 0.25) is 0 Å². The zero-order chi connectivity index (χ0) is 20.9. The lowest BCUT2D eigenvalue weighted by atomic mass is 10.1. The highest BCUT2D eigenvalue weighted by Crippen LogP contribution is 2.17. The number of H-pyrrole nitrogens is 1. The fourth-order valence-corrected chi connectivity index (χ4v) is 3.33. The highest BCUT2D eigenvalue weighted by Gasteiger charge is 2.11. The predicted octanol–water partition coefficient (Wildman–Crippen LogP) is 3.53. The second-order valence-electron chi connectivity index (χ2n) is 7.19. The maximum absolute atomic E-state index is 12.5. The minimum Gasteiger partial charge on any atom is -0.348 e. The summed E-state index contributed by atoms with van der Waals surface area (Å²) >= 11 is 0. The molecule has 0 atom stereocenters. The van der Waals surface area contributed by atoms with E-state index in [0.29, 0.717) is 18.8 Å². The summed E-state index contributed by atoms with van der Waals surface area (Å²) in [6, 6.07) is 21.0. The molecule has 0 aliphatic carbocycles. The van der Waals surface area contributed by atoms with Crippen LogP contribution in [0, 0.1) is 6.92 Å². The Labute approximate surface area is 174 Å². The monoisotopic (exact) mass is 398 g/mol. The molecule has 0 fully saturated rings. The third-order valence-electron chi connectivity index (χ3n) is 4.83. The molecular weight excluding hydrogens is 376 g/mol. The number of aromatic amines is 1. The van der Waals surface area contributed by atoms with Crippen LogP contribution in [0.25, 0.3) is 11.3 Å². The molecule has 150 valence electrons. The van der Waals surface area contributed by atoms with Gasteiger partial charge in [0, 0.05) is 24.6 Å². The van der Waals surface area contributed by atoms with Crippen molar-refractivity contribution in [1.29, 1.82) is 0 Å². The van der Waals surface area contributed by atoms with Gasteiger partial charge >= 0.3 is 0 Å². The SMILES string of the molecule is Cc1cccc(-c2ccc(C(=O)NCc3cccc(Cn4cccn4)c3)c(=O)[nH]2)c1. The first kappa shape index (κ1) is 19.4. The van der Waals surface area contributed by atoms with Crippen molar-refractivity contribution in [2.75, 3.05) is 0 Å². The summed E-state index contributed by atoms with van der Waals surface area (Å²) in [4.78, 5) is 27.8. The van der Waals surface area contributed by atoms with Crippen LogP contribution >= 0.6 is 0 Å². The Kier molecular flexibility index (Phi) is 5.57. The second-order valence-corrected chi connectivity index (χ2v) is 7.19. The fourth-order valence-electron chi connectivity index (χ4n) is 3.33. The van der Waals surface area contributed by atoms with Gasteiger partial charge in [-0.1, -0.05) is 48.0 Å². The topological polar surface area (TPSA) is 79.8 Å².